The second-order valence-electron chi connectivity index (χ2n) is 2.83. The van der Waals surface area contributed by atoms with E-state index in [1.807, 2.05) is 0 Å². The highest BCUT2D eigenvalue weighted by molar-refractivity contribution is 6.30. The molecule has 7 nitrogen and oxygen atoms in total. The summed E-state index contributed by atoms with van der Waals surface area (Å²) < 4.78 is 1.39. The van der Waals surface area contributed by atoms with Crippen molar-refractivity contribution in [3.05, 3.63) is 35.4 Å². The highest BCUT2D eigenvalue weighted by Gasteiger charge is 2.06. The summed E-state index contributed by atoms with van der Waals surface area (Å²) in [7, 11) is 0. The standard InChI is InChI=1S/C8H7ClN6O/c9-5-3-12-15(4-5)8-11-2-1-6(13-8)7(10)14-16/h1-4,16H,(H2,10,14). The quantitative estimate of drug-likeness (QED) is 0.341. The summed E-state index contributed by atoms with van der Waals surface area (Å²) in [6, 6.07) is 1.52. The topological polar surface area (TPSA) is 102 Å². The van der Waals surface area contributed by atoms with Crippen LogP contribution in [0.2, 0.25) is 5.02 Å². The first-order chi connectivity index (χ1) is 7.70. The van der Waals surface area contributed by atoms with Gasteiger partial charge >= 0.3 is 0 Å². The van der Waals surface area contributed by atoms with Gasteiger partial charge in [0.1, 0.15) is 5.69 Å². The zero-order valence-electron chi connectivity index (χ0n) is 7.95. The van der Waals surface area contributed by atoms with Gasteiger partial charge in [0.2, 0.25) is 0 Å². The highest BCUT2D eigenvalue weighted by atomic mass is 35.5. The lowest BCUT2D eigenvalue weighted by molar-refractivity contribution is 0.318. The predicted octanol–water partition coefficient (Wildman–Crippen LogP) is 0.410. The molecule has 0 aliphatic heterocycles. The van der Waals surface area contributed by atoms with Gasteiger partial charge in [-0.3, -0.25) is 0 Å². The fourth-order valence-electron chi connectivity index (χ4n) is 1.06. The van der Waals surface area contributed by atoms with Gasteiger partial charge in [-0.1, -0.05) is 16.8 Å². The summed E-state index contributed by atoms with van der Waals surface area (Å²) in [4.78, 5) is 8.02. The van der Waals surface area contributed by atoms with Crippen LogP contribution in [-0.2, 0) is 0 Å². The van der Waals surface area contributed by atoms with Crippen LogP contribution >= 0.6 is 11.6 Å². The lowest BCUT2D eigenvalue weighted by Gasteiger charge is -2.01. The Balaban J connectivity index is 2.43. The van der Waals surface area contributed by atoms with Crippen molar-refractivity contribution in [1.29, 1.82) is 0 Å². The molecule has 2 aromatic rings. The Hall–Kier alpha value is -2.15. The van der Waals surface area contributed by atoms with Crippen LogP contribution in [0.15, 0.2) is 29.8 Å². The summed E-state index contributed by atoms with van der Waals surface area (Å²) in [5, 5.41) is 15.8. The van der Waals surface area contributed by atoms with Crippen molar-refractivity contribution in [1.82, 2.24) is 19.7 Å². The van der Waals surface area contributed by atoms with Gasteiger partial charge in [-0.15, -0.1) is 0 Å². The molecule has 0 atom stereocenters. The molecule has 82 valence electrons. The lowest BCUT2D eigenvalue weighted by atomic mass is 10.4. The van der Waals surface area contributed by atoms with Crippen LogP contribution < -0.4 is 5.73 Å². The van der Waals surface area contributed by atoms with Crippen LogP contribution in [0.4, 0.5) is 0 Å². The minimum Gasteiger partial charge on any atom is -0.409 e. The largest absolute Gasteiger partial charge is 0.409 e. The van der Waals surface area contributed by atoms with Crippen molar-refractivity contribution < 1.29 is 5.21 Å². The molecule has 0 saturated carbocycles. The van der Waals surface area contributed by atoms with Crippen LogP contribution in [0.3, 0.4) is 0 Å². The number of aromatic nitrogens is 4. The van der Waals surface area contributed by atoms with Gasteiger partial charge in [-0.2, -0.15) is 5.10 Å². The van der Waals surface area contributed by atoms with Crippen LogP contribution in [0.1, 0.15) is 5.69 Å². The van der Waals surface area contributed by atoms with Crippen LogP contribution in [-0.4, -0.2) is 30.8 Å². The number of oxime groups is 1. The van der Waals surface area contributed by atoms with Crippen molar-refractivity contribution in [2.75, 3.05) is 0 Å². The molecule has 0 aliphatic rings. The van der Waals surface area contributed by atoms with Crippen molar-refractivity contribution in [2.24, 2.45) is 10.9 Å². The average Bonchev–Trinajstić information content (AvgIpc) is 2.75. The first-order valence-electron chi connectivity index (χ1n) is 4.22. The van der Waals surface area contributed by atoms with Gasteiger partial charge in [0, 0.05) is 6.20 Å². The number of halogens is 1. The van der Waals surface area contributed by atoms with E-state index < -0.39 is 0 Å². The van der Waals surface area contributed by atoms with E-state index in [0.29, 0.717) is 10.7 Å². The molecule has 0 saturated heterocycles. The number of hydrogen-bond acceptors (Lipinski definition) is 5. The summed E-state index contributed by atoms with van der Waals surface area (Å²) in [5.74, 6) is 0.193. The maximum absolute atomic E-state index is 8.51. The zero-order valence-corrected chi connectivity index (χ0v) is 8.70. The van der Waals surface area contributed by atoms with Crippen molar-refractivity contribution in [3.63, 3.8) is 0 Å². The second kappa shape index (κ2) is 4.15. The molecule has 0 aromatic carbocycles. The van der Waals surface area contributed by atoms with Gasteiger partial charge in [0.15, 0.2) is 5.84 Å². The Morgan fingerprint density at radius 2 is 2.38 bits per heavy atom. The molecule has 0 unspecified atom stereocenters. The Morgan fingerprint density at radius 1 is 1.56 bits per heavy atom. The number of nitrogens with zero attached hydrogens (tertiary/aromatic N) is 5. The van der Waals surface area contributed by atoms with E-state index in [9.17, 15) is 0 Å². The number of hydrogen-bond donors (Lipinski definition) is 2. The third kappa shape index (κ3) is 1.94. The maximum atomic E-state index is 8.51. The van der Waals surface area contributed by atoms with Gasteiger partial charge in [0.25, 0.3) is 5.95 Å². The van der Waals surface area contributed by atoms with Crippen molar-refractivity contribution in [3.8, 4) is 5.95 Å². The first-order valence-corrected chi connectivity index (χ1v) is 4.60. The molecule has 16 heavy (non-hydrogen) atoms. The van der Waals surface area contributed by atoms with E-state index in [0.717, 1.165) is 0 Å². The van der Waals surface area contributed by atoms with Gasteiger partial charge in [0.05, 0.1) is 17.4 Å². The number of amidine groups is 1. The fourth-order valence-corrected chi connectivity index (χ4v) is 1.20. The molecule has 2 aromatic heterocycles. The summed E-state index contributed by atoms with van der Waals surface area (Å²) >= 11 is 5.71. The maximum Gasteiger partial charge on any atom is 0.251 e. The van der Waals surface area contributed by atoms with Crippen LogP contribution in [0, 0.1) is 0 Å². The summed E-state index contributed by atoms with van der Waals surface area (Å²) in [6.45, 7) is 0. The SMILES string of the molecule is N/C(=N/O)c1ccnc(-n2cc(Cl)cn2)n1. The van der Waals surface area contributed by atoms with E-state index in [1.165, 1.54) is 23.1 Å². The van der Waals surface area contributed by atoms with Crippen molar-refractivity contribution in [2.45, 2.75) is 0 Å². The molecule has 0 fully saturated rings. The molecule has 0 amide bonds. The molecule has 0 bridgehead atoms. The molecule has 0 spiro atoms. The second-order valence-corrected chi connectivity index (χ2v) is 3.27. The summed E-state index contributed by atoms with van der Waals surface area (Å²) in [6.07, 6.45) is 4.49. The highest BCUT2D eigenvalue weighted by Crippen LogP contribution is 2.08. The number of rotatable bonds is 2. The smallest absolute Gasteiger partial charge is 0.251 e. The average molecular weight is 239 g/mol. The van der Waals surface area contributed by atoms with Gasteiger partial charge in [-0.05, 0) is 6.07 Å². The predicted molar refractivity (Wildman–Crippen MR) is 56.7 cm³/mol. The zero-order chi connectivity index (χ0) is 11.5. The van der Waals surface area contributed by atoms with E-state index in [4.69, 9.17) is 22.5 Å². The Kier molecular flexibility index (Phi) is 2.69. The minimum absolute atomic E-state index is 0.0955. The Morgan fingerprint density at radius 3 is 3.00 bits per heavy atom. The lowest BCUT2D eigenvalue weighted by Crippen LogP contribution is -2.16. The normalized spacial score (nSPS) is 11.7. The fraction of sp³-hybridized carbons (Fsp3) is 0. The van der Waals surface area contributed by atoms with Crippen LogP contribution in [0.25, 0.3) is 5.95 Å². The molecule has 8 heteroatoms. The van der Waals surface area contributed by atoms with Crippen molar-refractivity contribution >= 4 is 17.4 Å². The third-order valence-corrected chi connectivity index (χ3v) is 1.96. The molecule has 3 N–H and O–H groups in total. The Labute approximate surface area is 95.2 Å². The molecule has 0 aliphatic carbocycles. The van der Waals surface area contributed by atoms with E-state index >= 15 is 0 Å². The van der Waals surface area contributed by atoms with E-state index in [1.54, 1.807) is 6.20 Å². The first kappa shape index (κ1) is 10.4. The molecular formula is C8H7ClN6O. The molecule has 0 radical (unpaired) electrons. The minimum atomic E-state index is -0.0955. The summed E-state index contributed by atoms with van der Waals surface area (Å²) in [5.41, 5.74) is 5.71. The van der Waals surface area contributed by atoms with Gasteiger partial charge < -0.3 is 10.9 Å². The van der Waals surface area contributed by atoms with E-state index in [2.05, 4.69) is 20.2 Å². The molecule has 2 heterocycles. The molecular weight excluding hydrogens is 232 g/mol. The molecule has 2 rings (SSSR count). The van der Waals surface area contributed by atoms with Gasteiger partial charge in [-0.25, -0.2) is 14.6 Å². The van der Waals surface area contributed by atoms with E-state index in [-0.39, 0.29) is 11.8 Å². The Bertz CT molecular complexity index is 537. The number of nitrogens with two attached hydrogens (primary N) is 1. The monoisotopic (exact) mass is 238 g/mol. The van der Waals surface area contributed by atoms with Crippen LogP contribution in [0.5, 0.6) is 0 Å². The third-order valence-electron chi connectivity index (χ3n) is 1.77.